The fourth-order valence-electron chi connectivity index (χ4n) is 3.92. The molecule has 7 heteroatoms. The molecule has 1 saturated heterocycles. The number of benzene rings is 3. The maximum atomic E-state index is 12.9. The Morgan fingerprint density at radius 3 is 2.18 bits per heavy atom. The van der Waals surface area contributed by atoms with E-state index in [2.05, 4.69) is 5.32 Å². The molecule has 4 rings (SSSR count). The second kappa shape index (κ2) is 10.7. The number of esters is 1. The first-order valence-electron chi connectivity index (χ1n) is 11.1. The third-order valence-electron chi connectivity index (χ3n) is 5.66. The number of nitrogens with one attached hydrogen (secondary N) is 1. The number of ketones is 1. The van der Waals surface area contributed by atoms with E-state index in [4.69, 9.17) is 4.74 Å². The molecule has 1 aliphatic heterocycles. The smallest absolute Gasteiger partial charge is 0.343 e. The van der Waals surface area contributed by atoms with Crippen molar-refractivity contribution in [1.29, 1.82) is 0 Å². The molecule has 0 radical (unpaired) electrons. The number of hydrogen-bond donors (Lipinski definition) is 1. The van der Waals surface area contributed by atoms with E-state index in [9.17, 15) is 19.2 Å². The normalized spacial score (nSPS) is 15.5. The van der Waals surface area contributed by atoms with Crippen molar-refractivity contribution in [3.8, 4) is 5.75 Å². The van der Waals surface area contributed by atoms with Gasteiger partial charge >= 0.3 is 5.97 Å². The summed E-state index contributed by atoms with van der Waals surface area (Å²) in [4.78, 5) is 52.1. The van der Waals surface area contributed by atoms with E-state index in [0.717, 1.165) is 6.42 Å². The monoisotopic (exact) mass is 456 g/mol. The fourth-order valence-corrected chi connectivity index (χ4v) is 3.92. The van der Waals surface area contributed by atoms with Crippen LogP contribution in [0.2, 0.25) is 0 Å². The molecule has 0 aliphatic carbocycles. The average molecular weight is 456 g/mol. The van der Waals surface area contributed by atoms with Crippen LogP contribution in [0, 0.1) is 0 Å². The summed E-state index contributed by atoms with van der Waals surface area (Å²) >= 11 is 0. The van der Waals surface area contributed by atoms with Crippen LogP contribution in [0.15, 0.2) is 84.9 Å². The highest BCUT2D eigenvalue weighted by Crippen LogP contribution is 2.20. The lowest BCUT2D eigenvalue weighted by Gasteiger charge is -2.22. The van der Waals surface area contributed by atoms with Crippen molar-refractivity contribution in [3.05, 3.63) is 102 Å². The fraction of sp³-hybridized carbons (Fsp3) is 0.185. The number of carbonyl (C=O) groups is 4. The summed E-state index contributed by atoms with van der Waals surface area (Å²) in [5, 5.41) is 2.44. The summed E-state index contributed by atoms with van der Waals surface area (Å²) in [6.07, 6.45) is 1.32. The van der Waals surface area contributed by atoms with Gasteiger partial charge in [-0.2, -0.15) is 0 Å². The summed E-state index contributed by atoms with van der Waals surface area (Å²) in [5.41, 5.74) is 1.19. The molecule has 3 aromatic rings. The van der Waals surface area contributed by atoms with E-state index < -0.39 is 23.8 Å². The predicted molar refractivity (Wildman–Crippen MR) is 126 cm³/mol. The second-order valence-corrected chi connectivity index (χ2v) is 8.02. The van der Waals surface area contributed by atoms with E-state index in [1.54, 1.807) is 83.8 Å². The zero-order chi connectivity index (χ0) is 23.9. The molecule has 1 fully saturated rings. The Morgan fingerprint density at radius 2 is 1.47 bits per heavy atom. The highest BCUT2D eigenvalue weighted by atomic mass is 16.5. The van der Waals surface area contributed by atoms with Gasteiger partial charge in [-0.05, 0) is 55.8 Å². The van der Waals surface area contributed by atoms with E-state index in [1.165, 1.54) is 6.07 Å². The second-order valence-electron chi connectivity index (χ2n) is 8.02. The summed E-state index contributed by atoms with van der Waals surface area (Å²) < 4.78 is 5.40. The molecule has 1 heterocycles. The molecule has 1 aliphatic rings. The SMILES string of the molecule is O=C(CN1CCC[C@@H]1C(=O)NC(=O)c1ccccc1)c1cccc(OC(=O)c2ccccc2)c1. The van der Waals surface area contributed by atoms with Crippen LogP contribution in [0.3, 0.4) is 0 Å². The molecule has 0 saturated carbocycles. The van der Waals surface area contributed by atoms with Crippen LogP contribution in [-0.4, -0.2) is 47.6 Å². The molecular weight excluding hydrogens is 432 g/mol. The van der Waals surface area contributed by atoms with E-state index in [0.29, 0.717) is 29.7 Å². The van der Waals surface area contributed by atoms with Crippen molar-refractivity contribution in [3.63, 3.8) is 0 Å². The molecule has 1 atom stereocenters. The first-order valence-corrected chi connectivity index (χ1v) is 11.1. The lowest BCUT2D eigenvalue weighted by molar-refractivity contribution is -0.124. The van der Waals surface area contributed by atoms with Crippen molar-refractivity contribution in [2.24, 2.45) is 0 Å². The van der Waals surface area contributed by atoms with Gasteiger partial charge in [-0.1, -0.05) is 48.5 Å². The Kier molecular flexibility index (Phi) is 7.25. The number of rotatable bonds is 7. The van der Waals surface area contributed by atoms with Gasteiger partial charge in [-0.25, -0.2) is 4.79 Å². The Balaban J connectivity index is 1.38. The lowest BCUT2D eigenvalue weighted by atomic mass is 10.1. The molecule has 7 nitrogen and oxygen atoms in total. The molecule has 0 bridgehead atoms. The highest BCUT2D eigenvalue weighted by molar-refractivity contribution is 6.06. The van der Waals surface area contributed by atoms with Crippen LogP contribution in [0.5, 0.6) is 5.75 Å². The van der Waals surface area contributed by atoms with Crippen molar-refractivity contribution in [2.45, 2.75) is 18.9 Å². The largest absolute Gasteiger partial charge is 0.423 e. The van der Waals surface area contributed by atoms with Gasteiger partial charge in [0, 0.05) is 11.1 Å². The van der Waals surface area contributed by atoms with Gasteiger partial charge in [0.05, 0.1) is 18.2 Å². The van der Waals surface area contributed by atoms with Crippen molar-refractivity contribution >= 4 is 23.6 Å². The van der Waals surface area contributed by atoms with Gasteiger partial charge in [-0.15, -0.1) is 0 Å². The molecule has 0 spiro atoms. The van der Waals surface area contributed by atoms with Gasteiger partial charge in [0.1, 0.15) is 5.75 Å². The molecule has 2 amide bonds. The average Bonchev–Trinajstić information content (AvgIpc) is 3.33. The summed E-state index contributed by atoms with van der Waals surface area (Å²) in [5.74, 6) is -1.32. The topological polar surface area (TPSA) is 92.8 Å². The number of amides is 2. The minimum absolute atomic E-state index is 0.0215. The number of imide groups is 1. The molecule has 172 valence electrons. The molecule has 3 aromatic carbocycles. The summed E-state index contributed by atoms with van der Waals surface area (Å²) in [6.45, 7) is 0.597. The number of nitrogens with zero attached hydrogens (tertiary/aromatic N) is 1. The predicted octanol–water partition coefficient (Wildman–Crippen LogP) is 3.51. The van der Waals surface area contributed by atoms with Gasteiger partial charge in [0.2, 0.25) is 5.91 Å². The van der Waals surface area contributed by atoms with Crippen LogP contribution in [-0.2, 0) is 4.79 Å². The zero-order valence-electron chi connectivity index (χ0n) is 18.5. The maximum Gasteiger partial charge on any atom is 0.343 e. The first-order chi connectivity index (χ1) is 16.5. The number of carbonyl (C=O) groups excluding carboxylic acids is 4. The van der Waals surface area contributed by atoms with Gasteiger partial charge in [-0.3, -0.25) is 24.6 Å². The van der Waals surface area contributed by atoms with E-state index in [1.807, 2.05) is 0 Å². The van der Waals surface area contributed by atoms with Crippen LogP contribution >= 0.6 is 0 Å². The van der Waals surface area contributed by atoms with Gasteiger partial charge < -0.3 is 4.74 Å². The number of likely N-dealkylation sites (tertiary alicyclic amines) is 1. The van der Waals surface area contributed by atoms with Crippen molar-refractivity contribution < 1.29 is 23.9 Å². The zero-order valence-corrected chi connectivity index (χ0v) is 18.5. The summed E-state index contributed by atoms with van der Waals surface area (Å²) in [6, 6.07) is 23.0. The van der Waals surface area contributed by atoms with Crippen LogP contribution in [0.1, 0.15) is 43.9 Å². The van der Waals surface area contributed by atoms with Gasteiger partial charge in [0.15, 0.2) is 5.78 Å². The molecular formula is C27H24N2O5. The Labute approximate surface area is 197 Å². The Morgan fingerprint density at radius 1 is 0.824 bits per heavy atom. The Hall–Kier alpha value is -4.10. The lowest BCUT2D eigenvalue weighted by Crippen LogP contribution is -2.46. The third kappa shape index (κ3) is 5.63. The molecule has 1 N–H and O–H groups in total. The summed E-state index contributed by atoms with van der Waals surface area (Å²) in [7, 11) is 0. The third-order valence-corrected chi connectivity index (χ3v) is 5.66. The molecule has 34 heavy (non-hydrogen) atoms. The quantitative estimate of drug-likeness (QED) is 0.253. The number of Topliss-reactive ketones (excluding diaryl/α,β-unsaturated/α-hetero) is 1. The maximum absolute atomic E-state index is 12.9. The molecule has 0 unspecified atom stereocenters. The van der Waals surface area contributed by atoms with Crippen LogP contribution < -0.4 is 10.1 Å². The van der Waals surface area contributed by atoms with E-state index >= 15 is 0 Å². The number of ether oxygens (including phenoxy) is 1. The minimum atomic E-state index is -0.560. The molecule has 0 aromatic heterocycles. The minimum Gasteiger partial charge on any atom is -0.423 e. The van der Waals surface area contributed by atoms with Crippen LogP contribution in [0.25, 0.3) is 0 Å². The van der Waals surface area contributed by atoms with Crippen molar-refractivity contribution in [2.75, 3.05) is 13.1 Å². The van der Waals surface area contributed by atoms with E-state index in [-0.39, 0.29) is 18.1 Å². The number of hydrogen-bond acceptors (Lipinski definition) is 6. The first kappa shape index (κ1) is 23.1. The standard InChI is InChI=1S/C27H24N2O5/c30-24(21-13-7-14-22(17-21)34-27(33)20-11-5-2-6-12-20)18-29-16-8-15-23(29)26(32)28-25(31)19-9-3-1-4-10-19/h1-7,9-14,17,23H,8,15-16,18H2,(H,28,31,32)/t23-/m1/s1. The Bertz CT molecular complexity index is 1190. The van der Waals surface area contributed by atoms with Gasteiger partial charge in [0.25, 0.3) is 5.91 Å². The van der Waals surface area contributed by atoms with Crippen molar-refractivity contribution in [1.82, 2.24) is 10.2 Å². The highest BCUT2D eigenvalue weighted by Gasteiger charge is 2.33. The van der Waals surface area contributed by atoms with Crippen LogP contribution in [0.4, 0.5) is 0 Å².